The Labute approximate surface area is 401 Å². The third-order valence-electron chi connectivity index (χ3n) is 10.4. The predicted molar refractivity (Wildman–Crippen MR) is 248 cm³/mol. The Kier molecular flexibility index (Phi) is 26.7. The summed E-state index contributed by atoms with van der Waals surface area (Å²) in [4.78, 5) is 24.8. The van der Waals surface area contributed by atoms with Gasteiger partial charge in [0.15, 0.2) is 5.78 Å². The number of carbonyl (C=O) groups excluding carboxylic acids is 2. The van der Waals surface area contributed by atoms with Crippen molar-refractivity contribution in [2.75, 3.05) is 6.54 Å². The van der Waals surface area contributed by atoms with Gasteiger partial charge in [0.05, 0.1) is 11.6 Å². The van der Waals surface area contributed by atoms with E-state index in [1.165, 1.54) is 41.1 Å². The fourth-order valence-corrected chi connectivity index (χ4v) is 7.27. The monoisotopic (exact) mass is 1180 g/mol. The second-order valence-corrected chi connectivity index (χ2v) is 17.0. The van der Waals surface area contributed by atoms with Crippen LogP contribution in [0.4, 0.5) is 8.78 Å². The number of aromatic nitrogens is 1. The van der Waals surface area contributed by atoms with Gasteiger partial charge in [-0.3, -0.25) is 9.59 Å². The maximum absolute atomic E-state index is 13.6. The van der Waals surface area contributed by atoms with Gasteiger partial charge in [-0.25, -0.2) is 8.78 Å². The maximum Gasteiger partial charge on any atom is 2.00 e. The first-order valence-corrected chi connectivity index (χ1v) is 21.5. The van der Waals surface area contributed by atoms with Crippen molar-refractivity contribution >= 4 is 11.6 Å². The van der Waals surface area contributed by atoms with Crippen LogP contribution < -0.4 is 5.73 Å². The number of benzene rings is 4. The summed E-state index contributed by atoms with van der Waals surface area (Å²) in [5, 5.41) is 0. The Bertz CT molecular complexity index is 1990. The Morgan fingerprint density at radius 3 is 1.60 bits per heavy atom. The van der Waals surface area contributed by atoms with Gasteiger partial charge in [0, 0.05) is 35.7 Å². The Morgan fingerprint density at radius 2 is 1.13 bits per heavy atom. The molecule has 1 heterocycles. The van der Waals surface area contributed by atoms with Gasteiger partial charge in [-0.05, 0) is 83.8 Å². The van der Waals surface area contributed by atoms with Crippen molar-refractivity contribution in [3.63, 3.8) is 0 Å². The minimum absolute atomic E-state index is 0. The van der Waals surface area contributed by atoms with Gasteiger partial charge >= 0.3 is 42.1 Å². The molecule has 0 amide bonds. The van der Waals surface area contributed by atoms with E-state index in [1.54, 1.807) is 12.1 Å². The van der Waals surface area contributed by atoms with Crippen LogP contribution in [0.1, 0.15) is 107 Å². The first-order valence-electron chi connectivity index (χ1n) is 21.5. The van der Waals surface area contributed by atoms with Gasteiger partial charge in [-0.1, -0.05) is 115 Å². The third kappa shape index (κ3) is 18.8. The minimum atomic E-state index is -0.526. The molecule has 0 saturated heterocycles. The van der Waals surface area contributed by atoms with Gasteiger partial charge in [-0.15, -0.1) is 12.8 Å². The number of nitrogens with zero attached hydrogens (tertiary/aromatic N) is 1. The van der Waals surface area contributed by atoms with Crippen molar-refractivity contribution in [3.05, 3.63) is 171 Å². The van der Waals surface area contributed by atoms with Crippen LogP contribution in [-0.2, 0) is 53.5 Å². The van der Waals surface area contributed by atoms with Gasteiger partial charge < -0.3 is 38.0 Å². The van der Waals surface area contributed by atoms with E-state index in [9.17, 15) is 18.4 Å². The Hall–Kier alpha value is -3.30. The molecule has 5 rings (SSSR count). The van der Waals surface area contributed by atoms with E-state index in [4.69, 9.17) is 5.73 Å². The summed E-state index contributed by atoms with van der Waals surface area (Å²) in [5.74, 6) is 0.835. The molecule has 5 aromatic rings. The molecular formula is C54H68F2N2O2W2. The number of carbonyl (C=O) groups is 2. The molecule has 2 N–H and O–H groups in total. The Balaban J connectivity index is 0.000000516. The molecule has 332 valence electrons. The first kappa shape index (κ1) is 56.7. The molecule has 0 fully saturated rings. The summed E-state index contributed by atoms with van der Waals surface area (Å²) in [5.41, 5.74) is 12.5. The second-order valence-electron chi connectivity index (χ2n) is 17.0. The number of rotatable bonds is 18. The second kappa shape index (κ2) is 29.2. The van der Waals surface area contributed by atoms with E-state index < -0.39 is 5.92 Å². The molecule has 0 bridgehead atoms. The number of hydrogen-bond donors (Lipinski definition) is 1. The molecule has 4 nitrogen and oxygen atoms in total. The van der Waals surface area contributed by atoms with Crippen molar-refractivity contribution < 1.29 is 60.5 Å². The largest absolute Gasteiger partial charge is 2.00 e. The summed E-state index contributed by atoms with van der Waals surface area (Å²) < 4.78 is 29.1. The van der Waals surface area contributed by atoms with Crippen LogP contribution in [0.15, 0.2) is 115 Å². The van der Waals surface area contributed by atoms with Crippen molar-refractivity contribution in [2.24, 2.45) is 35.3 Å². The van der Waals surface area contributed by atoms with E-state index in [0.29, 0.717) is 35.2 Å². The van der Waals surface area contributed by atoms with Crippen LogP contribution in [0.5, 0.6) is 0 Å². The van der Waals surface area contributed by atoms with Crippen molar-refractivity contribution in [3.8, 4) is 22.4 Å². The third-order valence-corrected chi connectivity index (χ3v) is 10.4. The fourth-order valence-electron chi connectivity index (χ4n) is 7.27. The molecule has 1 aromatic heterocycles. The van der Waals surface area contributed by atoms with Crippen LogP contribution in [0.2, 0.25) is 0 Å². The fraction of sp³-hybridized carbons (Fsp3) is 0.370. The molecule has 1 unspecified atom stereocenters. The first-order chi connectivity index (χ1) is 28.5. The van der Waals surface area contributed by atoms with E-state index in [2.05, 4.69) is 90.3 Å². The zero-order valence-corrected chi connectivity index (χ0v) is 43.6. The summed E-state index contributed by atoms with van der Waals surface area (Å²) in [7, 11) is 0. The predicted octanol–water partition coefficient (Wildman–Crippen LogP) is 13.8. The minimum Gasteiger partial charge on any atom is -0.344 e. The average Bonchev–Trinajstić information content (AvgIpc) is 3.60. The molecule has 5 atom stereocenters. The van der Waals surface area contributed by atoms with E-state index in [-0.39, 0.29) is 77.7 Å². The molecule has 8 heteroatoms. The maximum atomic E-state index is 13.6. The summed E-state index contributed by atoms with van der Waals surface area (Å²) in [6.07, 6.45) is 4.31. The van der Waals surface area contributed by atoms with Crippen molar-refractivity contribution in [2.45, 2.75) is 92.0 Å². The topological polar surface area (TPSA) is 65.1 Å². The number of Topliss-reactive ketones (excluding diaryl/α,β-unsaturated/α-hetero) is 2. The number of hydrogen-bond acceptors (Lipinski definition) is 3. The van der Waals surface area contributed by atoms with E-state index in [0.717, 1.165) is 55.6 Å². The summed E-state index contributed by atoms with van der Waals surface area (Å²) >= 11 is 0. The smallest absolute Gasteiger partial charge is 0.344 e. The molecule has 0 spiro atoms. The molecule has 0 radical (unpaired) electrons. The van der Waals surface area contributed by atoms with Crippen LogP contribution in [-0.4, -0.2) is 22.7 Å². The van der Waals surface area contributed by atoms with Crippen LogP contribution in [0, 0.1) is 68.9 Å². The van der Waals surface area contributed by atoms with Crippen molar-refractivity contribution in [1.29, 1.82) is 0 Å². The van der Waals surface area contributed by atoms with E-state index >= 15 is 0 Å². The van der Waals surface area contributed by atoms with Gasteiger partial charge in [0.25, 0.3) is 0 Å². The summed E-state index contributed by atoms with van der Waals surface area (Å²) in [6.45, 7) is 30.3. The average molecular weight is 1180 g/mol. The molecule has 0 saturated carbocycles. The normalized spacial score (nSPS) is 13.2. The van der Waals surface area contributed by atoms with Crippen LogP contribution >= 0.6 is 0 Å². The zero-order valence-electron chi connectivity index (χ0n) is 37.7. The molecule has 0 aliphatic rings. The van der Waals surface area contributed by atoms with Gasteiger partial charge in [0.2, 0.25) is 0 Å². The number of nitrogens with two attached hydrogens (primary N) is 1. The molecular weight excluding hydrogens is 1110 g/mol. The molecule has 62 heavy (non-hydrogen) atoms. The van der Waals surface area contributed by atoms with Gasteiger partial charge in [0.1, 0.15) is 17.4 Å². The quantitative estimate of drug-likeness (QED) is 0.0702. The van der Waals surface area contributed by atoms with Gasteiger partial charge in [-0.2, -0.15) is 23.7 Å². The molecule has 4 aromatic carbocycles. The standard InChI is InChI=1S/C27H32FN.C19H19FO2.C8H17N.2W/c1-19(2)17-21(5)15-16-29-26(20(3)4)18-25(22-9-7-6-8-10-22)27(29)23-11-13-24(28)14-12-23;1-13(2)18(21)12-17(14-6-4-3-5-7-14)19(22)15-8-10-16(20)11-9-15;1-7(2)6-8(3)4-5-9;;/h6-14,18-21H,1,5,15-17H2,2-4H3;3-11,13,17H,12H2,1-2H3;7-8H,1,3-6,9H2,2H3;;/q-2;;-2;2*+2/t19-,21+;;7-,8+;;/m0.0../s1. The molecule has 0 aliphatic heterocycles. The Morgan fingerprint density at radius 1 is 0.645 bits per heavy atom. The van der Waals surface area contributed by atoms with Crippen LogP contribution in [0.25, 0.3) is 22.4 Å². The van der Waals surface area contributed by atoms with Crippen molar-refractivity contribution in [1.82, 2.24) is 4.57 Å². The zero-order chi connectivity index (χ0) is 44.4. The molecule has 0 aliphatic carbocycles. The SMILES string of the molecule is CC(C)C(=O)CC(C(=O)c1ccc(F)cc1)c1ccccc1.[CH2-][C@H](CCN)C[C@@H]([CH2-])C.[CH2-][C@H](CCn1c(C(C)C)cc(-c2ccccc2)c1-c1ccc(F)cc1)C[C@@H]([CH2-])C.[W+2].[W+2]. The summed E-state index contributed by atoms with van der Waals surface area (Å²) in [6, 6.07) is 34.3. The number of ketones is 2. The number of halogens is 2. The van der Waals surface area contributed by atoms with Crippen LogP contribution in [0.3, 0.4) is 0 Å². The van der Waals surface area contributed by atoms with E-state index in [1.807, 2.05) is 62.4 Å².